The monoisotopic (exact) mass is 305 g/mol. The minimum atomic E-state index is -0.478. The van der Waals surface area contributed by atoms with Crippen molar-refractivity contribution in [3.05, 3.63) is 54.0 Å². The summed E-state index contributed by atoms with van der Waals surface area (Å²) in [6, 6.07) is 10.4. The molecule has 0 atom stereocenters. The van der Waals surface area contributed by atoms with Gasteiger partial charge in [-0.05, 0) is 24.3 Å². The summed E-state index contributed by atoms with van der Waals surface area (Å²) >= 11 is 1.44. The lowest BCUT2D eigenvalue weighted by atomic mass is 10.2. The number of hydrogen-bond donors (Lipinski definition) is 1. The fourth-order valence-electron chi connectivity index (χ4n) is 1.71. The number of carbonyl (C=O) groups excluding carboxylic acids is 2. The molecule has 0 fully saturated rings. The first-order valence-electron chi connectivity index (χ1n) is 6.28. The van der Waals surface area contributed by atoms with E-state index in [1.54, 1.807) is 30.5 Å². The molecule has 0 saturated heterocycles. The number of rotatable bonds is 6. The number of nitrogens with one attached hydrogen (secondary N) is 1. The van der Waals surface area contributed by atoms with Crippen LogP contribution >= 0.6 is 11.8 Å². The molecule has 1 heterocycles. The largest absolute Gasteiger partial charge is 0.468 e. The van der Waals surface area contributed by atoms with Gasteiger partial charge in [0, 0.05) is 0 Å². The Morgan fingerprint density at radius 3 is 2.76 bits per heavy atom. The molecular weight excluding hydrogens is 290 g/mol. The van der Waals surface area contributed by atoms with Gasteiger partial charge in [-0.3, -0.25) is 4.79 Å². The average molecular weight is 305 g/mol. The number of hydrogen-bond acceptors (Lipinski definition) is 5. The van der Waals surface area contributed by atoms with Crippen molar-refractivity contribution in [1.82, 2.24) is 0 Å². The average Bonchev–Trinajstić information content (AvgIpc) is 3.00. The van der Waals surface area contributed by atoms with Crippen LogP contribution in [0.3, 0.4) is 0 Å². The molecule has 1 amide bonds. The molecule has 0 radical (unpaired) electrons. The van der Waals surface area contributed by atoms with Crippen molar-refractivity contribution < 1.29 is 18.7 Å². The van der Waals surface area contributed by atoms with Gasteiger partial charge >= 0.3 is 5.97 Å². The van der Waals surface area contributed by atoms with Crippen LogP contribution in [0.2, 0.25) is 0 Å². The Balaban J connectivity index is 1.89. The highest BCUT2D eigenvalue weighted by Crippen LogP contribution is 2.17. The van der Waals surface area contributed by atoms with Gasteiger partial charge in [0.1, 0.15) is 5.76 Å². The highest BCUT2D eigenvalue weighted by Gasteiger charge is 2.13. The number of esters is 1. The first kappa shape index (κ1) is 15.2. The number of amides is 1. The number of carbonyl (C=O) groups is 2. The summed E-state index contributed by atoms with van der Waals surface area (Å²) in [5.41, 5.74) is 0.789. The van der Waals surface area contributed by atoms with Gasteiger partial charge in [-0.1, -0.05) is 12.1 Å². The third kappa shape index (κ3) is 4.39. The predicted octanol–water partition coefficient (Wildman–Crippen LogP) is 2.94. The minimum absolute atomic E-state index is 0.178. The summed E-state index contributed by atoms with van der Waals surface area (Å²) < 4.78 is 9.87. The second-order valence-electron chi connectivity index (χ2n) is 4.16. The molecule has 0 aliphatic carbocycles. The molecule has 0 aliphatic heterocycles. The first-order chi connectivity index (χ1) is 10.2. The van der Waals surface area contributed by atoms with Gasteiger partial charge in [0.2, 0.25) is 5.91 Å². The predicted molar refractivity (Wildman–Crippen MR) is 81.3 cm³/mol. The van der Waals surface area contributed by atoms with Gasteiger partial charge < -0.3 is 14.5 Å². The van der Waals surface area contributed by atoms with Crippen LogP contribution in [0.4, 0.5) is 5.69 Å². The van der Waals surface area contributed by atoms with Gasteiger partial charge in [-0.2, -0.15) is 0 Å². The molecular formula is C15H15NO4S. The molecule has 21 heavy (non-hydrogen) atoms. The maximum atomic E-state index is 11.9. The summed E-state index contributed by atoms with van der Waals surface area (Å²) in [4.78, 5) is 23.5. The lowest BCUT2D eigenvalue weighted by Gasteiger charge is -2.09. The third-order valence-corrected chi connectivity index (χ3v) is 3.62. The summed E-state index contributed by atoms with van der Waals surface area (Å²) in [7, 11) is 1.31. The van der Waals surface area contributed by atoms with E-state index in [9.17, 15) is 9.59 Å². The lowest BCUT2D eigenvalue weighted by molar-refractivity contribution is -0.113. The Morgan fingerprint density at radius 2 is 2.05 bits per heavy atom. The fourth-order valence-corrected chi connectivity index (χ4v) is 2.43. The molecule has 0 saturated carbocycles. The van der Waals surface area contributed by atoms with Gasteiger partial charge in [0.05, 0.1) is 36.1 Å². The van der Waals surface area contributed by atoms with Crippen LogP contribution in [0.15, 0.2) is 47.1 Å². The Kier molecular flexibility index (Phi) is 5.45. The number of benzene rings is 1. The molecule has 1 aromatic heterocycles. The normalized spacial score (nSPS) is 10.1. The smallest absolute Gasteiger partial charge is 0.339 e. The molecule has 5 nitrogen and oxygen atoms in total. The van der Waals surface area contributed by atoms with E-state index in [2.05, 4.69) is 10.1 Å². The van der Waals surface area contributed by atoms with Crippen LogP contribution in [0.5, 0.6) is 0 Å². The van der Waals surface area contributed by atoms with E-state index < -0.39 is 5.97 Å². The number of methoxy groups -OCH3 is 1. The zero-order valence-electron chi connectivity index (χ0n) is 11.5. The lowest BCUT2D eigenvalue weighted by Crippen LogP contribution is -2.17. The minimum Gasteiger partial charge on any atom is -0.468 e. The number of anilines is 1. The Morgan fingerprint density at radius 1 is 1.24 bits per heavy atom. The molecule has 6 heteroatoms. The summed E-state index contributed by atoms with van der Waals surface area (Å²) in [5.74, 6) is 1.06. The molecule has 1 N–H and O–H groups in total. The third-order valence-electron chi connectivity index (χ3n) is 2.66. The fraction of sp³-hybridized carbons (Fsp3) is 0.200. The van der Waals surface area contributed by atoms with Gasteiger partial charge in [-0.15, -0.1) is 11.8 Å². The Labute approximate surface area is 126 Å². The maximum Gasteiger partial charge on any atom is 0.339 e. The van der Waals surface area contributed by atoms with Crippen molar-refractivity contribution in [2.75, 3.05) is 18.2 Å². The number of ether oxygens (including phenoxy) is 1. The maximum absolute atomic E-state index is 11.9. The first-order valence-corrected chi connectivity index (χ1v) is 7.43. The summed E-state index contributed by atoms with van der Waals surface area (Å²) in [5, 5.41) is 2.71. The van der Waals surface area contributed by atoms with Crippen molar-refractivity contribution >= 4 is 29.3 Å². The molecule has 110 valence electrons. The zero-order valence-corrected chi connectivity index (χ0v) is 12.3. The highest BCUT2D eigenvalue weighted by atomic mass is 32.2. The highest BCUT2D eigenvalue weighted by molar-refractivity contribution is 7.99. The van der Waals surface area contributed by atoms with Crippen molar-refractivity contribution in [3.63, 3.8) is 0 Å². The molecule has 0 unspecified atom stereocenters. The van der Waals surface area contributed by atoms with Crippen molar-refractivity contribution in [2.45, 2.75) is 5.75 Å². The molecule has 2 rings (SSSR count). The van der Waals surface area contributed by atoms with E-state index in [1.807, 2.05) is 12.1 Å². The summed E-state index contributed by atoms with van der Waals surface area (Å²) in [6.07, 6.45) is 1.60. The van der Waals surface area contributed by atoms with Gasteiger partial charge in [0.15, 0.2) is 0 Å². The SMILES string of the molecule is COC(=O)c1ccccc1NC(=O)CSCc1ccco1. The van der Waals surface area contributed by atoms with Crippen LogP contribution in [0.1, 0.15) is 16.1 Å². The van der Waals surface area contributed by atoms with Crippen LogP contribution in [0.25, 0.3) is 0 Å². The molecule has 0 aliphatic rings. The van der Waals surface area contributed by atoms with Gasteiger partial charge in [-0.25, -0.2) is 4.79 Å². The van der Waals surface area contributed by atoms with Gasteiger partial charge in [0.25, 0.3) is 0 Å². The summed E-state index contributed by atoms with van der Waals surface area (Å²) in [6.45, 7) is 0. The van der Waals surface area contributed by atoms with E-state index in [1.165, 1.54) is 18.9 Å². The second-order valence-corrected chi connectivity index (χ2v) is 5.14. The van der Waals surface area contributed by atoms with E-state index in [0.717, 1.165) is 5.76 Å². The zero-order chi connectivity index (χ0) is 15.1. The Hall–Kier alpha value is -2.21. The van der Waals surface area contributed by atoms with Crippen LogP contribution in [-0.4, -0.2) is 24.7 Å². The number of furan rings is 1. The van der Waals surface area contributed by atoms with E-state index in [4.69, 9.17) is 4.42 Å². The van der Waals surface area contributed by atoms with E-state index >= 15 is 0 Å². The van der Waals surface area contributed by atoms with Crippen molar-refractivity contribution in [2.24, 2.45) is 0 Å². The molecule has 1 aromatic carbocycles. The second kappa shape index (κ2) is 7.54. The van der Waals surface area contributed by atoms with Crippen molar-refractivity contribution in [1.29, 1.82) is 0 Å². The standard InChI is InChI=1S/C15H15NO4S/c1-19-15(18)12-6-2-3-7-13(12)16-14(17)10-21-9-11-5-4-8-20-11/h2-8H,9-10H2,1H3,(H,16,17). The van der Waals surface area contributed by atoms with E-state index in [0.29, 0.717) is 17.0 Å². The topological polar surface area (TPSA) is 68.5 Å². The van der Waals surface area contributed by atoms with Crippen LogP contribution < -0.4 is 5.32 Å². The molecule has 2 aromatic rings. The van der Waals surface area contributed by atoms with Crippen LogP contribution in [0, 0.1) is 0 Å². The van der Waals surface area contributed by atoms with Crippen LogP contribution in [-0.2, 0) is 15.3 Å². The Bertz CT molecular complexity index is 610. The molecule has 0 spiro atoms. The van der Waals surface area contributed by atoms with Crippen molar-refractivity contribution in [3.8, 4) is 0 Å². The van der Waals surface area contributed by atoms with E-state index in [-0.39, 0.29) is 11.7 Å². The number of thioether (sulfide) groups is 1. The molecule has 0 bridgehead atoms. The quantitative estimate of drug-likeness (QED) is 0.831. The number of para-hydroxylation sites is 1.